The Hall–Kier alpha value is -2.94. The quantitative estimate of drug-likeness (QED) is 0.435. The number of hydrogen-bond donors (Lipinski definition) is 3. The molecule has 3 rings (SSSR count). The third-order valence-electron chi connectivity index (χ3n) is 5.14. The highest BCUT2D eigenvalue weighted by molar-refractivity contribution is 6.34. The second-order valence-corrected chi connectivity index (χ2v) is 8.49. The minimum Gasteiger partial charge on any atom is -0.497 e. The standard InChI is InChI=1S/C23H26Cl2N4O4/c1-4-20-21(33-19-12-16(24)11-17(25)13-19)22(29(2,28-20)10-9-26-23(30)31)27-14-15-5-7-18(32-3)8-6-15/h5-8,11-13,26H,4,9-10,14H2,1-3H3,(H-,27,28,30,31)/p+1/t29-/m1/s1. The van der Waals surface area contributed by atoms with Gasteiger partial charge >= 0.3 is 6.09 Å². The number of nitrogens with one attached hydrogen (secondary N) is 2. The Balaban J connectivity index is 1.95. The summed E-state index contributed by atoms with van der Waals surface area (Å²) in [5, 5.41) is 12.3. The van der Waals surface area contributed by atoms with Crippen LogP contribution in [0.4, 0.5) is 4.79 Å². The topological polar surface area (TPSA) is 92.2 Å². The lowest BCUT2D eigenvalue weighted by Crippen LogP contribution is -2.57. The zero-order chi connectivity index (χ0) is 24.0. The van der Waals surface area contributed by atoms with Gasteiger partial charge in [0, 0.05) is 10.0 Å². The van der Waals surface area contributed by atoms with E-state index in [4.69, 9.17) is 42.8 Å². The SMILES string of the molecule is CCC1=C(Oc2cc(Cl)cc(Cl)c2)C(=NCc2ccc(OC)cc2)[N@@+](C)(CCNC(=O)O)N1. The number of nitrogens with zero attached hydrogens (tertiary/aromatic N) is 2. The number of ether oxygens (including phenoxy) is 2. The molecule has 0 spiro atoms. The summed E-state index contributed by atoms with van der Waals surface area (Å²) >= 11 is 12.3. The van der Waals surface area contributed by atoms with Crippen LogP contribution in [0.3, 0.4) is 0 Å². The average molecular weight is 494 g/mol. The highest BCUT2D eigenvalue weighted by Crippen LogP contribution is 2.30. The van der Waals surface area contributed by atoms with E-state index in [2.05, 4.69) is 10.7 Å². The van der Waals surface area contributed by atoms with Crippen molar-refractivity contribution in [1.29, 1.82) is 0 Å². The fourth-order valence-corrected chi connectivity index (χ4v) is 3.99. The van der Waals surface area contributed by atoms with E-state index >= 15 is 0 Å². The smallest absolute Gasteiger partial charge is 0.404 e. The summed E-state index contributed by atoms with van der Waals surface area (Å²) in [6.07, 6.45) is -0.419. The van der Waals surface area contributed by atoms with Gasteiger partial charge in [-0.2, -0.15) is 4.59 Å². The molecule has 1 amide bonds. The van der Waals surface area contributed by atoms with Gasteiger partial charge in [-0.15, -0.1) is 0 Å². The van der Waals surface area contributed by atoms with Crippen LogP contribution in [0, 0.1) is 0 Å². The first kappa shape index (κ1) is 24.7. The van der Waals surface area contributed by atoms with E-state index in [0.717, 1.165) is 17.0 Å². The van der Waals surface area contributed by atoms with E-state index in [1.54, 1.807) is 25.3 Å². The van der Waals surface area contributed by atoms with Crippen molar-refractivity contribution in [1.82, 2.24) is 10.7 Å². The Labute approximate surface area is 203 Å². The van der Waals surface area contributed by atoms with Crippen molar-refractivity contribution in [3.8, 4) is 11.5 Å². The number of carbonyl (C=O) groups is 1. The summed E-state index contributed by atoms with van der Waals surface area (Å²) in [4.78, 5) is 15.9. The first-order valence-electron chi connectivity index (χ1n) is 10.4. The predicted molar refractivity (Wildman–Crippen MR) is 129 cm³/mol. The summed E-state index contributed by atoms with van der Waals surface area (Å²) in [6.45, 7) is 3.05. The Morgan fingerprint density at radius 1 is 1.15 bits per heavy atom. The highest BCUT2D eigenvalue weighted by atomic mass is 35.5. The van der Waals surface area contributed by atoms with Crippen LogP contribution in [0.15, 0.2) is 58.9 Å². The molecule has 0 aromatic heterocycles. The number of likely N-dealkylation sites (N-methyl/N-ethyl adjacent to an activating group) is 1. The van der Waals surface area contributed by atoms with Crippen molar-refractivity contribution in [3.63, 3.8) is 0 Å². The molecule has 8 nitrogen and oxygen atoms in total. The molecule has 1 aliphatic rings. The molecule has 3 N–H and O–H groups in total. The van der Waals surface area contributed by atoms with Crippen molar-refractivity contribution in [3.05, 3.63) is 69.5 Å². The second kappa shape index (κ2) is 10.8. The maximum atomic E-state index is 11.0. The Morgan fingerprint density at radius 2 is 1.82 bits per heavy atom. The van der Waals surface area contributed by atoms with Crippen molar-refractivity contribution in [2.24, 2.45) is 4.99 Å². The zero-order valence-electron chi connectivity index (χ0n) is 18.7. The van der Waals surface area contributed by atoms with E-state index < -0.39 is 6.09 Å². The van der Waals surface area contributed by atoms with Crippen LogP contribution in [0.25, 0.3) is 0 Å². The van der Waals surface area contributed by atoms with Gasteiger partial charge < -0.3 is 19.9 Å². The van der Waals surface area contributed by atoms with Gasteiger partial charge in [0.25, 0.3) is 5.84 Å². The number of hydrogen-bond acceptors (Lipinski definition) is 5. The first-order chi connectivity index (χ1) is 15.7. The van der Waals surface area contributed by atoms with Gasteiger partial charge in [-0.05, 0) is 42.3 Å². The zero-order valence-corrected chi connectivity index (χ0v) is 20.2. The number of quaternary nitrogens is 1. The van der Waals surface area contributed by atoms with Crippen LogP contribution < -0.4 is 20.2 Å². The van der Waals surface area contributed by atoms with Gasteiger partial charge in [0.1, 0.15) is 23.7 Å². The number of allylic oxidation sites excluding steroid dienone is 1. The summed E-state index contributed by atoms with van der Waals surface area (Å²) in [5.41, 5.74) is 5.28. The van der Waals surface area contributed by atoms with E-state index in [1.807, 2.05) is 38.2 Å². The Morgan fingerprint density at radius 3 is 2.39 bits per heavy atom. The van der Waals surface area contributed by atoms with Crippen LogP contribution in [-0.4, -0.2) is 48.9 Å². The lowest BCUT2D eigenvalue weighted by molar-refractivity contribution is -0.857. The van der Waals surface area contributed by atoms with Gasteiger partial charge in [-0.1, -0.05) is 42.3 Å². The van der Waals surface area contributed by atoms with E-state index in [9.17, 15) is 4.79 Å². The molecular weight excluding hydrogens is 467 g/mol. The number of rotatable bonds is 9. The summed E-state index contributed by atoms with van der Waals surface area (Å²) in [7, 11) is 3.55. The normalized spacial score (nSPS) is 18.9. The minimum absolute atomic E-state index is 0.170. The van der Waals surface area contributed by atoms with Gasteiger partial charge in [-0.25, -0.2) is 15.2 Å². The van der Waals surface area contributed by atoms with Gasteiger partial charge in [-0.3, -0.25) is 0 Å². The van der Waals surface area contributed by atoms with Crippen LogP contribution in [0.1, 0.15) is 18.9 Å². The average Bonchev–Trinajstić information content (AvgIpc) is 3.02. The lowest BCUT2D eigenvalue weighted by Gasteiger charge is -2.29. The van der Waals surface area contributed by atoms with Crippen molar-refractivity contribution >= 4 is 35.1 Å². The number of amidine groups is 1. The molecule has 10 heteroatoms. The molecule has 0 unspecified atom stereocenters. The molecular formula is C23H27Cl2N4O4+. The number of amides is 1. The Kier molecular flexibility index (Phi) is 8.07. The number of benzene rings is 2. The van der Waals surface area contributed by atoms with Crippen molar-refractivity contribution < 1.29 is 24.0 Å². The Bertz CT molecular complexity index is 1050. The van der Waals surface area contributed by atoms with Gasteiger partial charge in [0.2, 0.25) is 5.76 Å². The van der Waals surface area contributed by atoms with Crippen molar-refractivity contribution in [2.75, 3.05) is 27.2 Å². The summed E-state index contributed by atoms with van der Waals surface area (Å²) in [6, 6.07) is 12.7. The van der Waals surface area contributed by atoms with E-state index in [-0.39, 0.29) is 11.1 Å². The monoisotopic (exact) mass is 493 g/mol. The number of aliphatic imine (C=N–C) groups is 1. The predicted octanol–water partition coefficient (Wildman–Crippen LogP) is 4.83. The highest BCUT2D eigenvalue weighted by Gasteiger charge is 2.43. The van der Waals surface area contributed by atoms with E-state index in [1.165, 1.54) is 0 Å². The van der Waals surface area contributed by atoms with Gasteiger partial charge in [0.05, 0.1) is 27.2 Å². The molecule has 0 bridgehead atoms. The van der Waals surface area contributed by atoms with Crippen LogP contribution >= 0.6 is 23.2 Å². The summed E-state index contributed by atoms with van der Waals surface area (Å²) < 4.78 is 11.6. The minimum atomic E-state index is -1.08. The number of halogens is 2. The molecule has 0 saturated carbocycles. The number of carboxylic acid groups (broad SMARTS) is 1. The molecule has 0 fully saturated rings. The molecule has 2 aromatic rings. The summed E-state index contributed by atoms with van der Waals surface area (Å²) in [5.74, 6) is 2.47. The maximum absolute atomic E-state index is 11.0. The van der Waals surface area contributed by atoms with Crippen LogP contribution in [0.2, 0.25) is 10.0 Å². The van der Waals surface area contributed by atoms with Crippen LogP contribution in [0.5, 0.6) is 11.5 Å². The van der Waals surface area contributed by atoms with Crippen molar-refractivity contribution in [2.45, 2.75) is 19.9 Å². The molecule has 0 radical (unpaired) electrons. The van der Waals surface area contributed by atoms with E-state index in [0.29, 0.717) is 46.9 Å². The van der Waals surface area contributed by atoms with Gasteiger partial charge in [0.15, 0.2) is 0 Å². The fourth-order valence-electron chi connectivity index (χ4n) is 3.49. The molecule has 1 heterocycles. The third kappa shape index (κ3) is 6.31. The largest absolute Gasteiger partial charge is 0.497 e. The molecule has 0 saturated heterocycles. The third-order valence-corrected chi connectivity index (χ3v) is 5.58. The molecule has 176 valence electrons. The second-order valence-electron chi connectivity index (χ2n) is 7.62. The molecule has 2 aromatic carbocycles. The first-order valence-corrected chi connectivity index (χ1v) is 11.2. The molecule has 33 heavy (non-hydrogen) atoms. The fraction of sp³-hybridized carbons (Fsp3) is 0.304. The van der Waals surface area contributed by atoms with Crippen LogP contribution in [-0.2, 0) is 6.54 Å². The maximum Gasteiger partial charge on any atom is 0.404 e. The molecule has 0 aliphatic carbocycles. The lowest BCUT2D eigenvalue weighted by atomic mass is 10.2. The number of methoxy groups -OCH3 is 1. The molecule has 1 atom stereocenters. The molecule has 1 aliphatic heterocycles.